The van der Waals surface area contributed by atoms with E-state index in [2.05, 4.69) is 4.99 Å². The number of hydrogen-bond acceptors (Lipinski definition) is 4. The summed E-state index contributed by atoms with van der Waals surface area (Å²) in [6.07, 6.45) is 4.33. The van der Waals surface area contributed by atoms with Gasteiger partial charge in [-0.25, -0.2) is 9.38 Å². The number of aryl methyl sites for hydroxylation is 1. The van der Waals surface area contributed by atoms with E-state index >= 15 is 0 Å². The summed E-state index contributed by atoms with van der Waals surface area (Å²) < 4.78 is 19.4. The number of aliphatic imine (C=N–C) groups is 1. The molecule has 0 spiro atoms. The summed E-state index contributed by atoms with van der Waals surface area (Å²) in [5, 5.41) is 0. The maximum Gasteiger partial charge on any atom is 0.282 e. The van der Waals surface area contributed by atoms with E-state index in [1.165, 1.54) is 6.08 Å². The van der Waals surface area contributed by atoms with Crippen LogP contribution in [0.4, 0.5) is 4.39 Å². The lowest BCUT2D eigenvalue weighted by Crippen LogP contribution is -2.25. The van der Waals surface area contributed by atoms with Gasteiger partial charge < -0.3 is 16.2 Å². The first kappa shape index (κ1) is 17.5. The second-order valence-electron chi connectivity index (χ2n) is 6.18. The van der Waals surface area contributed by atoms with Crippen molar-refractivity contribution in [1.82, 2.24) is 0 Å². The van der Waals surface area contributed by atoms with Crippen LogP contribution in [-0.4, -0.2) is 24.6 Å². The molecule has 132 valence electrons. The zero-order chi connectivity index (χ0) is 18.0. The van der Waals surface area contributed by atoms with Gasteiger partial charge in [-0.1, -0.05) is 30.3 Å². The van der Waals surface area contributed by atoms with E-state index in [0.29, 0.717) is 13.0 Å². The fourth-order valence-corrected chi connectivity index (χ4v) is 3.50. The minimum Gasteiger partial charge on any atom is -0.463 e. The van der Waals surface area contributed by atoms with Gasteiger partial charge in [-0.3, -0.25) is 4.79 Å². The van der Waals surface area contributed by atoms with Crippen molar-refractivity contribution in [2.75, 3.05) is 6.61 Å². The number of hydrogen-bond donors (Lipinski definition) is 2. The van der Waals surface area contributed by atoms with Crippen molar-refractivity contribution in [2.24, 2.45) is 16.5 Å². The summed E-state index contributed by atoms with van der Waals surface area (Å²) in [5.74, 6) is -1.39. The monoisotopic (exact) mass is 363 g/mol. The van der Waals surface area contributed by atoms with Gasteiger partial charge in [-0.2, -0.15) is 0 Å². The zero-order valence-electron chi connectivity index (χ0n) is 13.5. The molecule has 0 aromatic heterocycles. The van der Waals surface area contributed by atoms with Gasteiger partial charge in [0, 0.05) is 6.42 Å². The van der Waals surface area contributed by atoms with E-state index < -0.39 is 16.6 Å². The van der Waals surface area contributed by atoms with E-state index in [0.717, 1.165) is 17.5 Å². The van der Waals surface area contributed by atoms with Crippen molar-refractivity contribution >= 4 is 23.5 Å². The summed E-state index contributed by atoms with van der Waals surface area (Å²) in [6, 6.07) is 7.83. The second-order valence-corrected chi connectivity index (χ2v) is 6.86. The number of halogens is 2. The van der Waals surface area contributed by atoms with Gasteiger partial charge in [0.2, 0.25) is 0 Å². The van der Waals surface area contributed by atoms with E-state index in [9.17, 15) is 9.18 Å². The van der Waals surface area contributed by atoms with Gasteiger partial charge in [0.25, 0.3) is 11.9 Å². The Hall–Kier alpha value is -2.34. The van der Waals surface area contributed by atoms with Crippen LogP contribution in [0.15, 0.2) is 52.8 Å². The Morgan fingerprint density at radius 3 is 2.84 bits per heavy atom. The lowest BCUT2D eigenvalue weighted by atomic mass is 9.84. The molecule has 1 heterocycles. The van der Waals surface area contributed by atoms with Gasteiger partial charge in [-0.05, 0) is 30.0 Å². The van der Waals surface area contributed by atoms with Crippen LogP contribution < -0.4 is 11.5 Å². The van der Waals surface area contributed by atoms with E-state index in [1.54, 1.807) is 6.08 Å². The lowest BCUT2D eigenvalue weighted by Gasteiger charge is -2.29. The third-order valence-corrected chi connectivity index (χ3v) is 4.89. The number of carbonyl (C=O) groups excluding carboxylic acids is 1. The topological polar surface area (TPSA) is 90.7 Å². The fourth-order valence-electron chi connectivity index (χ4n) is 3.14. The van der Waals surface area contributed by atoms with Crippen LogP contribution >= 0.6 is 11.6 Å². The molecule has 5 nitrogen and oxygen atoms in total. The average Bonchev–Trinajstić information content (AvgIpc) is 2.98. The molecule has 2 aliphatic rings. The first-order valence-corrected chi connectivity index (χ1v) is 8.38. The number of amidine groups is 1. The number of carbonyl (C=O) groups is 1. The number of benzene rings is 1. The molecule has 1 aromatic rings. The largest absolute Gasteiger partial charge is 0.463 e. The number of allylic oxidation sites excluding steroid dienone is 2. The molecule has 2 unspecified atom stereocenters. The lowest BCUT2D eigenvalue weighted by molar-refractivity contribution is -0.114. The Balaban J connectivity index is 1.81. The molecule has 0 fully saturated rings. The quantitative estimate of drug-likeness (QED) is 0.787. The highest BCUT2D eigenvalue weighted by Crippen LogP contribution is 2.43. The fraction of sp³-hybridized carbons (Fsp3) is 0.333. The van der Waals surface area contributed by atoms with E-state index in [-0.39, 0.29) is 24.1 Å². The first-order valence-electron chi connectivity index (χ1n) is 8.00. The summed E-state index contributed by atoms with van der Waals surface area (Å²) in [6.45, 7) is 0.471. The van der Waals surface area contributed by atoms with E-state index in [1.807, 2.05) is 24.3 Å². The van der Waals surface area contributed by atoms with Crippen LogP contribution in [0, 0.1) is 0 Å². The predicted octanol–water partition coefficient (Wildman–Crippen LogP) is 2.44. The van der Waals surface area contributed by atoms with Crippen molar-refractivity contribution in [3.8, 4) is 0 Å². The normalized spacial score (nSPS) is 25.7. The molecule has 25 heavy (non-hydrogen) atoms. The van der Waals surface area contributed by atoms with Gasteiger partial charge in [0.05, 0.1) is 16.5 Å². The molecule has 3 rings (SSSR count). The van der Waals surface area contributed by atoms with Crippen molar-refractivity contribution in [3.05, 3.63) is 58.9 Å². The number of ether oxygens (including phenoxy) is 1. The number of alkyl halides is 1. The standard InChI is InChI=1S/C18H19ClFN3O2/c19-18(8-7-13(16(21)24)15(20)9-18)14-4-2-1-3-11(14)5-6-12-10-25-17(22)23-12/h1-4,7-8,12H,5-6,9-10H2,(H2,21,24)(H2,22,23). The van der Waals surface area contributed by atoms with Crippen molar-refractivity contribution in [2.45, 2.75) is 30.2 Å². The number of nitrogens with zero attached hydrogens (tertiary/aromatic N) is 1. The Morgan fingerprint density at radius 2 is 2.20 bits per heavy atom. The summed E-state index contributed by atoms with van der Waals surface area (Å²) >= 11 is 6.70. The van der Waals surface area contributed by atoms with Crippen molar-refractivity contribution in [1.29, 1.82) is 0 Å². The van der Waals surface area contributed by atoms with Crippen LogP contribution in [-0.2, 0) is 20.8 Å². The molecule has 0 saturated carbocycles. The number of amides is 1. The van der Waals surface area contributed by atoms with Crippen LogP contribution in [0.5, 0.6) is 0 Å². The second kappa shape index (κ2) is 6.88. The average molecular weight is 364 g/mol. The summed E-state index contributed by atoms with van der Waals surface area (Å²) in [5.41, 5.74) is 12.4. The first-order chi connectivity index (χ1) is 11.9. The van der Waals surface area contributed by atoms with Gasteiger partial charge in [0.1, 0.15) is 12.4 Å². The van der Waals surface area contributed by atoms with Crippen LogP contribution in [0.3, 0.4) is 0 Å². The Morgan fingerprint density at radius 1 is 1.44 bits per heavy atom. The molecule has 1 aromatic carbocycles. The Bertz CT molecular complexity index is 790. The summed E-state index contributed by atoms with van der Waals surface area (Å²) in [4.78, 5) is 14.4. The molecule has 2 atom stereocenters. The maximum atomic E-state index is 14.3. The molecule has 4 N–H and O–H groups in total. The Labute approximate surface area is 150 Å². The van der Waals surface area contributed by atoms with Gasteiger partial charge >= 0.3 is 0 Å². The van der Waals surface area contributed by atoms with Gasteiger partial charge in [-0.15, -0.1) is 11.6 Å². The molecule has 7 heteroatoms. The predicted molar refractivity (Wildman–Crippen MR) is 94.7 cm³/mol. The summed E-state index contributed by atoms with van der Waals surface area (Å²) in [7, 11) is 0. The molecule has 0 bridgehead atoms. The third-order valence-electron chi connectivity index (χ3n) is 4.43. The molecule has 0 saturated heterocycles. The van der Waals surface area contributed by atoms with E-state index in [4.69, 9.17) is 27.8 Å². The highest BCUT2D eigenvalue weighted by atomic mass is 35.5. The number of nitrogens with two attached hydrogens (primary N) is 2. The minimum atomic E-state index is -1.05. The molecular weight excluding hydrogens is 345 g/mol. The SMILES string of the molecule is NC(=O)C1=C(F)CC(Cl)(c2ccccc2CCC2COC(N)=N2)C=C1. The maximum absolute atomic E-state index is 14.3. The smallest absolute Gasteiger partial charge is 0.282 e. The van der Waals surface area contributed by atoms with Crippen molar-refractivity contribution in [3.63, 3.8) is 0 Å². The third kappa shape index (κ3) is 3.69. The molecule has 1 aliphatic heterocycles. The highest BCUT2D eigenvalue weighted by Gasteiger charge is 2.35. The number of primary amides is 1. The minimum absolute atomic E-state index is 0.0133. The van der Waals surface area contributed by atoms with Gasteiger partial charge in [0.15, 0.2) is 0 Å². The Kier molecular flexibility index (Phi) is 4.81. The number of rotatable bonds is 5. The van der Waals surface area contributed by atoms with Crippen LogP contribution in [0.25, 0.3) is 0 Å². The highest BCUT2D eigenvalue weighted by molar-refractivity contribution is 6.26. The molecule has 0 radical (unpaired) electrons. The molecule has 1 aliphatic carbocycles. The molecule has 1 amide bonds. The van der Waals surface area contributed by atoms with Crippen molar-refractivity contribution < 1.29 is 13.9 Å². The zero-order valence-corrected chi connectivity index (χ0v) is 14.3. The molecular formula is C18H19ClFN3O2. The van der Waals surface area contributed by atoms with Crippen LogP contribution in [0.2, 0.25) is 0 Å². The van der Waals surface area contributed by atoms with Crippen LogP contribution in [0.1, 0.15) is 24.0 Å².